The molecule has 94 valence electrons. The van der Waals surface area contributed by atoms with Crippen LogP contribution in [0.1, 0.15) is 30.0 Å². The Kier molecular flexibility index (Phi) is 4.89. The maximum Gasteiger partial charge on any atom is 0.356 e. The first-order valence-electron chi connectivity index (χ1n) is 5.22. The number of aromatic nitrogens is 2. The van der Waals surface area contributed by atoms with Crippen LogP contribution < -0.4 is 0 Å². The van der Waals surface area contributed by atoms with E-state index in [0.29, 0.717) is 12.3 Å². The molecule has 1 rings (SSSR count). The average Bonchev–Trinajstić information content (AvgIpc) is 2.60. The van der Waals surface area contributed by atoms with Crippen molar-refractivity contribution >= 4 is 24.2 Å². The van der Waals surface area contributed by atoms with Gasteiger partial charge in [-0.3, -0.25) is 4.79 Å². The fourth-order valence-corrected chi connectivity index (χ4v) is 1.51. The minimum Gasteiger partial charge on any atom is -0.466 e. The van der Waals surface area contributed by atoms with E-state index in [1.54, 1.807) is 13.8 Å². The summed E-state index contributed by atoms with van der Waals surface area (Å²) >= 11 is 4.87. The second kappa shape index (κ2) is 6.19. The third-order valence-corrected chi connectivity index (χ3v) is 2.11. The van der Waals surface area contributed by atoms with Crippen LogP contribution in [-0.2, 0) is 20.7 Å². The van der Waals surface area contributed by atoms with Gasteiger partial charge >= 0.3 is 11.9 Å². The molecule has 0 aliphatic carbocycles. The minimum absolute atomic E-state index is 0.0465. The molecule has 6 nitrogen and oxygen atoms in total. The van der Waals surface area contributed by atoms with Crippen molar-refractivity contribution in [2.45, 2.75) is 20.3 Å². The Balaban J connectivity index is 2.88. The molecule has 0 radical (unpaired) electrons. The number of hydrogen-bond acceptors (Lipinski definition) is 5. The number of carbonyl (C=O) groups excluding carboxylic acids is 2. The van der Waals surface area contributed by atoms with E-state index in [4.69, 9.17) is 21.7 Å². The Morgan fingerprint density at radius 2 is 1.82 bits per heavy atom. The lowest BCUT2D eigenvalue weighted by atomic mass is 10.2. The van der Waals surface area contributed by atoms with Gasteiger partial charge in [-0.1, -0.05) is 0 Å². The van der Waals surface area contributed by atoms with Crippen LogP contribution in [0.4, 0.5) is 0 Å². The number of aromatic amines is 2. The number of nitrogens with one attached hydrogen (secondary N) is 2. The van der Waals surface area contributed by atoms with Gasteiger partial charge in [0.15, 0.2) is 4.77 Å². The smallest absolute Gasteiger partial charge is 0.356 e. The maximum absolute atomic E-state index is 11.5. The highest BCUT2D eigenvalue weighted by Gasteiger charge is 2.18. The fourth-order valence-electron chi connectivity index (χ4n) is 1.29. The quantitative estimate of drug-likeness (QED) is 0.615. The Morgan fingerprint density at radius 3 is 2.41 bits per heavy atom. The van der Waals surface area contributed by atoms with Crippen LogP contribution in [0.3, 0.4) is 0 Å². The van der Waals surface area contributed by atoms with E-state index in [1.165, 1.54) is 0 Å². The van der Waals surface area contributed by atoms with Crippen molar-refractivity contribution in [2.24, 2.45) is 0 Å². The molecular weight excluding hydrogens is 244 g/mol. The molecule has 7 heteroatoms. The Hall–Kier alpha value is -1.63. The van der Waals surface area contributed by atoms with Crippen molar-refractivity contribution in [3.05, 3.63) is 16.2 Å². The van der Waals surface area contributed by atoms with E-state index >= 15 is 0 Å². The third kappa shape index (κ3) is 3.70. The van der Waals surface area contributed by atoms with Crippen LogP contribution in [0.25, 0.3) is 0 Å². The maximum atomic E-state index is 11.5. The summed E-state index contributed by atoms with van der Waals surface area (Å²) in [6.45, 7) is 3.95. The zero-order chi connectivity index (χ0) is 12.8. The van der Waals surface area contributed by atoms with Crippen LogP contribution in [0.15, 0.2) is 0 Å². The number of carbonyl (C=O) groups is 2. The Morgan fingerprint density at radius 1 is 1.18 bits per heavy atom. The predicted octanol–water partition coefficient (Wildman–Crippen LogP) is 1.35. The van der Waals surface area contributed by atoms with Crippen molar-refractivity contribution in [1.29, 1.82) is 0 Å². The molecule has 17 heavy (non-hydrogen) atoms. The molecule has 0 fully saturated rings. The zero-order valence-electron chi connectivity index (χ0n) is 9.66. The molecule has 0 saturated carbocycles. The van der Waals surface area contributed by atoms with Crippen molar-refractivity contribution in [1.82, 2.24) is 9.97 Å². The van der Waals surface area contributed by atoms with Gasteiger partial charge in [0.25, 0.3) is 0 Å². The van der Waals surface area contributed by atoms with Gasteiger partial charge in [0.05, 0.1) is 25.3 Å². The summed E-state index contributed by atoms with van der Waals surface area (Å²) in [7, 11) is 0. The van der Waals surface area contributed by atoms with E-state index < -0.39 is 11.9 Å². The lowest BCUT2D eigenvalue weighted by molar-refractivity contribution is -0.142. The SMILES string of the molecule is CCOC(=O)Cc1[nH]c(=S)[nH]c1C(=O)OCC. The third-order valence-electron chi connectivity index (χ3n) is 1.91. The molecule has 0 aliphatic heterocycles. The monoisotopic (exact) mass is 258 g/mol. The second-order valence-electron chi connectivity index (χ2n) is 3.13. The van der Waals surface area contributed by atoms with Gasteiger partial charge in [-0.2, -0.15) is 0 Å². The molecule has 0 aliphatic rings. The predicted molar refractivity (Wildman–Crippen MR) is 62.3 cm³/mol. The second-order valence-corrected chi connectivity index (χ2v) is 3.54. The standard InChI is InChI=1S/C10H14N2O4S/c1-3-15-7(13)5-6-8(9(14)16-4-2)12-10(17)11-6/h3-5H2,1-2H3,(H2,11,12,17). The first-order chi connectivity index (χ1) is 8.08. The minimum atomic E-state index is -0.542. The zero-order valence-corrected chi connectivity index (χ0v) is 10.5. The fraction of sp³-hybridized carbons (Fsp3) is 0.500. The molecule has 1 heterocycles. The summed E-state index contributed by atoms with van der Waals surface area (Å²) in [5.74, 6) is -0.970. The lowest BCUT2D eigenvalue weighted by Crippen LogP contribution is -2.13. The molecule has 0 amide bonds. The van der Waals surface area contributed by atoms with Gasteiger partial charge in [0, 0.05) is 0 Å². The summed E-state index contributed by atoms with van der Waals surface area (Å²) in [4.78, 5) is 28.2. The molecule has 1 aromatic heterocycles. The van der Waals surface area contributed by atoms with Gasteiger partial charge in [-0.15, -0.1) is 0 Å². The largest absolute Gasteiger partial charge is 0.466 e. The number of esters is 2. The van der Waals surface area contributed by atoms with E-state index in [2.05, 4.69) is 9.97 Å². The van der Waals surface area contributed by atoms with Gasteiger partial charge in [-0.05, 0) is 26.1 Å². The van der Waals surface area contributed by atoms with Gasteiger partial charge in [-0.25, -0.2) is 4.79 Å². The first kappa shape index (κ1) is 13.4. The normalized spacial score (nSPS) is 10.0. The molecule has 0 saturated heterocycles. The van der Waals surface area contributed by atoms with Gasteiger partial charge in [0.1, 0.15) is 5.69 Å². The van der Waals surface area contributed by atoms with Crippen LogP contribution in [-0.4, -0.2) is 35.1 Å². The van der Waals surface area contributed by atoms with Crippen LogP contribution in [0, 0.1) is 4.77 Å². The number of H-pyrrole nitrogens is 2. The molecule has 0 spiro atoms. The molecule has 1 aromatic rings. The van der Waals surface area contributed by atoms with Crippen molar-refractivity contribution in [2.75, 3.05) is 13.2 Å². The van der Waals surface area contributed by atoms with Crippen molar-refractivity contribution in [3.8, 4) is 0 Å². The number of hydrogen-bond donors (Lipinski definition) is 2. The highest BCUT2D eigenvalue weighted by atomic mass is 32.1. The summed E-state index contributed by atoms with van der Waals surface area (Å²) < 4.78 is 9.90. The molecule has 0 atom stereocenters. The Labute approximate surface area is 103 Å². The van der Waals surface area contributed by atoms with Gasteiger partial charge < -0.3 is 19.4 Å². The number of rotatable bonds is 5. The summed E-state index contributed by atoms with van der Waals surface area (Å²) in [5, 5.41) is 0. The molecule has 0 bridgehead atoms. The van der Waals surface area contributed by atoms with Crippen molar-refractivity contribution in [3.63, 3.8) is 0 Å². The summed E-state index contributed by atoms with van der Waals surface area (Å²) in [6.07, 6.45) is -0.0465. The van der Waals surface area contributed by atoms with E-state index in [0.717, 1.165) is 0 Å². The molecule has 0 aromatic carbocycles. The van der Waals surface area contributed by atoms with Crippen molar-refractivity contribution < 1.29 is 19.1 Å². The molecule has 0 unspecified atom stereocenters. The highest BCUT2D eigenvalue weighted by Crippen LogP contribution is 2.08. The van der Waals surface area contributed by atoms with Gasteiger partial charge in [0.2, 0.25) is 0 Å². The van der Waals surface area contributed by atoms with E-state index in [-0.39, 0.29) is 23.5 Å². The van der Waals surface area contributed by atoms with E-state index in [9.17, 15) is 9.59 Å². The molecule has 2 N–H and O–H groups in total. The first-order valence-corrected chi connectivity index (χ1v) is 5.63. The Bertz CT molecular complexity index is 463. The average molecular weight is 258 g/mol. The lowest BCUT2D eigenvalue weighted by Gasteiger charge is -2.03. The topological polar surface area (TPSA) is 84.2 Å². The van der Waals surface area contributed by atoms with Crippen LogP contribution in [0.2, 0.25) is 0 Å². The number of imidazole rings is 1. The molecular formula is C10H14N2O4S. The summed E-state index contributed by atoms with van der Waals surface area (Å²) in [5.41, 5.74) is 0.553. The highest BCUT2D eigenvalue weighted by molar-refractivity contribution is 7.71. The van der Waals surface area contributed by atoms with Crippen LogP contribution >= 0.6 is 12.2 Å². The number of ether oxygens (including phenoxy) is 2. The van der Waals surface area contributed by atoms with Crippen LogP contribution in [0.5, 0.6) is 0 Å². The van der Waals surface area contributed by atoms with E-state index in [1.807, 2.05) is 0 Å². The summed E-state index contributed by atoms with van der Waals surface area (Å²) in [6, 6.07) is 0.